The Morgan fingerprint density at radius 3 is 2.43 bits per heavy atom. The van der Waals surface area contributed by atoms with Gasteiger partial charge in [-0.25, -0.2) is 23.1 Å². The smallest absolute Gasteiger partial charge is 0.363 e. The minimum absolute atomic E-state index is 0.0545. The van der Waals surface area contributed by atoms with Crippen LogP contribution in [0.25, 0.3) is 0 Å². The van der Waals surface area contributed by atoms with E-state index in [4.69, 9.17) is 9.47 Å². The van der Waals surface area contributed by atoms with E-state index in [1.54, 1.807) is 0 Å². The number of rotatable bonds is 8. The first-order valence-corrected chi connectivity index (χ1v) is 10.8. The van der Waals surface area contributed by atoms with Crippen LogP contribution in [0, 0.1) is 5.82 Å². The van der Waals surface area contributed by atoms with Crippen LogP contribution in [0.4, 0.5) is 32.2 Å². The number of benzene rings is 1. The van der Waals surface area contributed by atoms with Crippen molar-refractivity contribution in [2.75, 3.05) is 18.5 Å². The Hall–Kier alpha value is -2.93. The van der Waals surface area contributed by atoms with Crippen molar-refractivity contribution < 1.29 is 40.6 Å². The van der Waals surface area contributed by atoms with Crippen molar-refractivity contribution in [3.8, 4) is 0 Å². The largest absolute Gasteiger partial charge is 0.411 e. The molecule has 4 rings (SSSR count). The summed E-state index contributed by atoms with van der Waals surface area (Å²) in [5.74, 6) is -1.90. The molecule has 2 aliphatic rings. The van der Waals surface area contributed by atoms with E-state index in [1.165, 1.54) is 19.1 Å². The highest BCUT2D eigenvalue weighted by Gasteiger charge is 2.64. The molecule has 1 atom stereocenters. The second kappa shape index (κ2) is 9.61. The molecular weight excluding hydrogens is 482 g/mol. The van der Waals surface area contributed by atoms with Crippen molar-refractivity contribution in [2.45, 2.75) is 56.7 Å². The number of alkyl halides is 5. The molecule has 1 amide bonds. The molecule has 1 aliphatic carbocycles. The van der Waals surface area contributed by atoms with Crippen molar-refractivity contribution in [3.63, 3.8) is 0 Å². The lowest BCUT2D eigenvalue weighted by atomic mass is 10.0. The molecule has 7 nitrogen and oxygen atoms in total. The average molecular weight is 504 g/mol. The zero-order valence-corrected chi connectivity index (χ0v) is 18.5. The molecule has 190 valence electrons. The van der Waals surface area contributed by atoms with Crippen LogP contribution < -0.4 is 10.6 Å². The van der Waals surface area contributed by atoms with Crippen LogP contribution in [0.3, 0.4) is 0 Å². The highest BCUT2D eigenvalue weighted by molar-refractivity contribution is 5.80. The lowest BCUT2D eigenvalue weighted by Crippen LogP contribution is -2.48. The fraction of sp³-hybridized carbons (Fsp3) is 0.500. The summed E-state index contributed by atoms with van der Waals surface area (Å²) in [5, 5.41) is 4.94. The van der Waals surface area contributed by atoms with Gasteiger partial charge in [0.05, 0.1) is 42.5 Å². The van der Waals surface area contributed by atoms with Gasteiger partial charge in [-0.05, 0) is 19.8 Å². The number of nitrogens with one attached hydrogen (secondary N) is 2. The normalized spacial score (nSPS) is 18.5. The first-order valence-electron chi connectivity index (χ1n) is 10.8. The number of hydrogen-bond donors (Lipinski definition) is 2. The summed E-state index contributed by atoms with van der Waals surface area (Å²) in [7, 11) is 0. The highest BCUT2D eigenvalue weighted by atomic mass is 19.4. The van der Waals surface area contributed by atoms with Crippen LogP contribution in [0.2, 0.25) is 0 Å². The molecule has 13 heteroatoms. The monoisotopic (exact) mass is 504 g/mol. The molecule has 1 aliphatic heterocycles. The summed E-state index contributed by atoms with van der Waals surface area (Å²) in [4.78, 5) is 20.6. The summed E-state index contributed by atoms with van der Waals surface area (Å²) in [6, 6.07) is 2.76. The first kappa shape index (κ1) is 25.2. The number of halogens is 6. The highest BCUT2D eigenvalue weighted by Crippen LogP contribution is 2.49. The summed E-state index contributed by atoms with van der Waals surface area (Å²) in [6.45, 7) is 1.94. The van der Waals surface area contributed by atoms with E-state index in [9.17, 15) is 31.1 Å². The first-order chi connectivity index (χ1) is 16.5. The fourth-order valence-corrected chi connectivity index (χ4v) is 3.88. The Morgan fingerprint density at radius 2 is 1.83 bits per heavy atom. The number of aromatic nitrogens is 2. The van der Waals surface area contributed by atoms with Crippen LogP contribution in [0.1, 0.15) is 60.9 Å². The lowest BCUT2D eigenvalue weighted by Gasteiger charge is -2.23. The lowest BCUT2D eigenvalue weighted by molar-refractivity contribution is -0.170. The van der Waals surface area contributed by atoms with Gasteiger partial charge >= 0.3 is 6.18 Å². The van der Waals surface area contributed by atoms with Crippen molar-refractivity contribution in [3.05, 3.63) is 52.7 Å². The number of carbonyl (C=O) groups is 1. The van der Waals surface area contributed by atoms with Gasteiger partial charge in [0.15, 0.2) is 6.29 Å². The number of nitrogens with zero attached hydrogens (tertiary/aromatic N) is 2. The van der Waals surface area contributed by atoms with Gasteiger partial charge in [-0.2, -0.15) is 13.2 Å². The maximum Gasteiger partial charge on any atom is 0.411 e. The summed E-state index contributed by atoms with van der Waals surface area (Å²) in [6.07, 6.45) is -8.45. The predicted molar refractivity (Wildman–Crippen MR) is 110 cm³/mol. The van der Waals surface area contributed by atoms with Gasteiger partial charge in [-0.1, -0.05) is 18.2 Å². The molecule has 2 N–H and O–H groups in total. The van der Waals surface area contributed by atoms with Crippen LogP contribution in [0.5, 0.6) is 0 Å². The van der Waals surface area contributed by atoms with Gasteiger partial charge in [-0.15, -0.1) is 0 Å². The predicted octanol–water partition coefficient (Wildman–Crippen LogP) is 4.53. The van der Waals surface area contributed by atoms with E-state index in [0.717, 1.165) is 12.4 Å². The molecule has 0 spiro atoms. The second-order valence-electron chi connectivity index (χ2n) is 8.38. The SMILES string of the molecule is C[C@@H](Nc1ncnc(CC(=O)NC2(C(F)(F)F)CC2)c1C1OCCO1)c1cccc(C(F)F)c1F. The van der Waals surface area contributed by atoms with Crippen molar-refractivity contribution in [1.29, 1.82) is 0 Å². The molecule has 1 saturated heterocycles. The van der Waals surface area contributed by atoms with Gasteiger partial charge in [0.2, 0.25) is 5.91 Å². The van der Waals surface area contributed by atoms with Crippen LogP contribution in [0.15, 0.2) is 24.5 Å². The van der Waals surface area contributed by atoms with E-state index in [0.29, 0.717) is 0 Å². The number of anilines is 1. The summed E-state index contributed by atoms with van der Waals surface area (Å²) in [5.41, 5.74) is -2.83. The van der Waals surface area contributed by atoms with Gasteiger partial charge in [0, 0.05) is 5.56 Å². The van der Waals surface area contributed by atoms with Crippen molar-refractivity contribution in [1.82, 2.24) is 15.3 Å². The average Bonchev–Trinajstić information content (AvgIpc) is 3.37. The molecule has 1 aromatic carbocycles. The van der Waals surface area contributed by atoms with Gasteiger partial charge < -0.3 is 20.1 Å². The van der Waals surface area contributed by atoms with Gasteiger partial charge in [-0.3, -0.25) is 4.79 Å². The number of amides is 1. The maximum atomic E-state index is 14.6. The zero-order chi connectivity index (χ0) is 25.4. The van der Waals surface area contributed by atoms with E-state index in [-0.39, 0.29) is 48.7 Å². The summed E-state index contributed by atoms with van der Waals surface area (Å²) < 4.78 is 91.6. The molecule has 1 saturated carbocycles. The molecule has 35 heavy (non-hydrogen) atoms. The Labute approximate surface area is 196 Å². The minimum atomic E-state index is -4.58. The van der Waals surface area contributed by atoms with E-state index in [2.05, 4.69) is 15.3 Å². The second-order valence-corrected chi connectivity index (χ2v) is 8.38. The third kappa shape index (κ3) is 5.20. The molecule has 0 radical (unpaired) electrons. The molecular formula is C22H22F6N4O3. The number of carbonyl (C=O) groups excluding carboxylic acids is 1. The standard InChI is InChI=1S/C22H22F6N4O3/c1-11(12-3-2-4-13(17(12)23)18(24)25)31-19-16(20-34-7-8-35-20)14(29-10-30-19)9-15(33)32-21(5-6-21)22(26,27)28/h2-4,10-11,18,20H,5-9H2,1H3,(H,32,33)(H,29,30,31)/t11-/m1/s1. The molecule has 0 bridgehead atoms. The third-order valence-electron chi connectivity index (χ3n) is 5.94. The molecule has 2 fully saturated rings. The number of ether oxygens (including phenoxy) is 2. The fourth-order valence-electron chi connectivity index (χ4n) is 3.88. The Balaban J connectivity index is 1.60. The molecule has 2 aromatic rings. The Kier molecular flexibility index (Phi) is 6.91. The van der Waals surface area contributed by atoms with E-state index >= 15 is 0 Å². The van der Waals surface area contributed by atoms with Crippen LogP contribution in [-0.4, -0.2) is 40.8 Å². The Morgan fingerprint density at radius 1 is 1.17 bits per heavy atom. The van der Waals surface area contributed by atoms with E-state index < -0.39 is 54.2 Å². The Bertz CT molecular complexity index is 1090. The third-order valence-corrected chi connectivity index (χ3v) is 5.94. The van der Waals surface area contributed by atoms with Crippen molar-refractivity contribution >= 4 is 11.7 Å². The topological polar surface area (TPSA) is 85.4 Å². The van der Waals surface area contributed by atoms with Crippen molar-refractivity contribution in [2.24, 2.45) is 0 Å². The van der Waals surface area contributed by atoms with Crippen LogP contribution in [-0.2, 0) is 20.7 Å². The number of hydrogen-bond acceptors (Lipinski definition) is 6. The molecule has 1 aromatic heterocycles. The molecule has 0 unspecified atom stereocenters. The van der Waals surface area contributed by atoms with E-state index in [1.807, 2.05) is 5.32 Å². The van der Waals surface area contributed by atoms with Gasteiger partial charge in [0.1, 0.15) is 23.5 Å². The molecule has 2 heterocycles. The quantitative estimate of drug-likeness (QED) is 0.514. The maximum absolute atomic E-state index is 14.6. The zero-order valence-electron chi connectivity index (χ0n) is 18.5. The van der Waals surface area contributed by atoms with Crippen LogP contribution >= 0.6 is 0 Å². The summed E-state index contributed by atoms with van der Waals surface area (Å²) >= 11 is 0. The minimum Gasteiger partial charge on any atom is -0.363 e. The van der Waals surface area contributed by atoms with Gasteiger partial charge in [0.25, 0.3) is 6.43 Å².